The van der Waals surface area contributed by atoms with Crippen LogP contribution >= 0.6 is 15.9 Å². The zero-order chi connectivity index (χ0) is 12.6. The lowest BCUT2D eigenvalue weighted by molar-refractivity contribution is -0.0795. The smallest absolute Gasteiger partial charge is 0.149 e. The molecule has 0 spiro atoms. The number of methoxy groups -OCH3 is 1. The minimum absolute atomic E-state index is 0.107. The molecule has 3 N–H and O–H groups in total. The summed E-state index contributed by atoms with van der Waals surface area (Å²) >= 11 is 3.35. The van der Waals surface area contributed by atoms with Crippen molar-refractivity contribution in [3.63, 3.8) is 0 Å². The second kappa shape index (κ2) is 4.46. The average Bonchev–Trinajstić information content (AvgIpc) is 2.26. The van der Waals surface area contributed by atoms with Gasteiger partial charge < -0.3 is 15.8 Å². The predicted octanol–water partition coefficient (Wildman–Crippen LogP) is 2.65. The number of aromatic nitrogens is 1. The van der Waals surface area contributed by atoms with Gasteiger partial charge in [-0.3, -0.25) is 0 Å². The summed E-state index contributed by atoms with van der Waals surface area (Å²) in [5.74, 6) is 0.751. The number of pyridine rings is 1. The molecule has 0 saturated heterocycles. The molecule has 2 rings (SSSR count). The van der Waals surface area contributed by atoms with E-state index in [-0.39, 0.29) is 5.41 Å². The highest BCUT2D eigenvalue weighted by molar-refractivity contribution is 9.10. The molecule has 1 aliphatic rings. The van der Waals surface area contributed by atoms with Crippen LogP contribution in [-0.2, 0) is 4.74 Å². The maximum atomic E-state index is 5.92. The number of ether oxygens (including phenoxy) is 1. The summed E-state index contributed by atoms with van der Waals surface area (Å²) in [4.78, 5) is 4.29. The summed E-state index contributed by atoms with van der Waals surface area (Å²) in [6.45, 7) is 4.38. The molecular weight excluding hydrogens is 282 g/mol. The van der Waals surface area contributed by atoms with E-state index in [2.05, 4.69) is 40.1 Å². The fraction of sp³-hybridized carbons (Fsp3) is 0.583. The van der Waals surface area contributed by atoms with Crippen LogP contribution < -0.4 is 11.1 Å². The van der Waals surface area contributed by atoms with Crippen molar-refractivity contribution in [2.45, 2.75) is 32.4 Å². The molecule has 1 heterocycles. The summed E-state index contributed by atoms with van der Waals surface area (Å²) in [7, 11) is 1.76. The number of nitrogens with zero attached hydrogens (tertiary/aromatic N) is 1. The van der Waals surface area contributed by atoms with E-state index in [0.717, 1.165) is 16.7 Å². The molecule has 94 valence electrons. The molecule has 1 fully saturated rings. The molecule has 1 aliphatic carbocycles. The standard InChI is InChI=1S/C12H18BrN3O/c1-12(2)9(5-10(12)17-3)16-11-8(14)4-7(13)6-15-11/h4,6,9-10H,5,14H2,1-3H3,(H,15,16). The van der Waals surface area contributed by atoms with Crippen molar-refractivity contribution in [3.05, 3.63) is 16.7 Å². The largest absolute Gasteiger partial charge is 0.396 e. The van der Waals surface area contributed by atoms with Crippen molar-refractivity contribution in [2.75, 3.05) is 18.2 Å². The summed E-state index contributed by atoms with van der Waals surface area (Å²) < 4.78 is 6.31. The van der Waals surface area contributed by atoms with Crippen molar-refractivity contribution in [1.82, 2.24) is 4.98 Å². The van der Waals surface area contributed by atoms with Gasteiger partial charge in [0.1, 0.15) is 5.82 Å². The third-order valence-corrected chi connectivity index (χ3v) is 4.09. The molecule has 2 unspecified atom stereocenters. The van der Waals surface area contributed by atoms with Gasteiger partial charge in [-0.05, 0) is 28.4 Å². The van der Waals surface area contributed by atoms with Crippen LogP contribution in [0, 0.1) is 5.41 Å². The lowest BCUT2D eigenvalue weighted by atomic mass is 9.64. The highest BCUT2D eigenvalue weighted by Crippen LogP contribution is 2.44. The Morgan fingerprint density at radius 2 is 2.29 bits per heavy atom. The van der Waals surface area contributed by atoms with E-state index < -0.39 is 0 Å². The fourth-order valence-corrected chi connectivity index (χ4v) is 2.62. The maximum Gasteiger partial charge on any atom is 0.149 e. The van der Waals surface area contributed by atoms with Crippen LogP contribution in [0.15, 0.2) is 16.7 Å². The van der Waals surface area contributed by atoms with Gasteiger partial charge in [-0.1, -0.05) is 13.8 Å². The van der Waals surface area contributed by atoms with E-state index in [1.165, 1.54) is 0 Å². The first-order valence-electron chi connectivity index (χ1n) is 5.65. The first-order chi connectivity index (χ1) is 7.95. The van der Waals surface area contributed by atoms with Gasteiger partial charge in [-0.15, -0.1) is 0 Å². The molecule has 5 heteroatoms. The Labute approximate surface area is 110 Å². The molecule has 2 atom stereocenters. The van der Waals surface area contributed by atoms with Crippen LogP contribution in [0.5, 0.6) is 0 Å². The van der Waals surface area contributed by atoms with Crippen LogP contribution in [0.25, 0.3) is 0 Å². The zero-order valence-corrected chi connectivity index (χ0v) is 11.9. The first-order valence-corrected chi connectivity index (χ1v) is 6.44. The van der Waals surface area contributed by atoms with Crippen LogP contribution in [0.1, 0.15) is 20.3 Å². The molecule has 0 aliphatic heterocycles. The Morgan fingerprint density at radius 3 is 2.82 bits per heavy atom. The van der Waals surface area contributed by atoms with Crippen molar-refractivity contribution in [3.8, 4) is 0 Å². The highest BCUT2D eigenvalue weighted by Gasteiger charge is 2.48. The van der Waals surface area contributed by atoms with E-state index in [9.17, 15) is 0 Å². The monoisotopic (exact) mass is 299 g/mol. The fourth-order valence-electron chi connectivity index (χ4n) is 2.27. The summed E-state index contributed by atoms with van der Waals surface area (Å²) in [6, 6.07) is 2.21. The number of halogens is 1. The van der Waals surface area contributed by atoms with Crippen LogP contribution in [-0.4, -0.2) is 24.2 Å². The normalized spacial score (nSPS) is 26.4. The Kier molecular flexibility index (Phi) is 3.32. The van der Waals surface area contributed by atoms with Gasteiger partial charge in [0.05, 0.1) is 11.8 Å². The number of nitrogen functional groups attached to an aromatic ring is 1. The molecule has 0 radical (unpaired) electrons. The van der Waals surface area contributed by atoms with Gasteiger partial charge in [-0.25, -0.2) is 4.98 Å². The van der Waals surface area contributed by atoms with E-state index in [1.807, 2.05) is 6.07 Å². The Morgan fingerprint density at radius 1 is 1.59 bits per heavy atom. The highest BCUT2D eigenvalue weighted by atomic mass is 79.9. The SMILES string of the molecule is COC1CC(Nc2ncc(Br)cc2N)C1(C)C. The van der Waals surface area contributed by atoms with Crippen molar-refractivity contribution in [1.29, 1.82) is 0 Å². The van der Waals surface area contributed by atoms with Crippen molar-refractivity contribution < 1.29 is 4.74 Å². The average molecular weight is 300 g/mol. The van der Waals surface area contributed by atoms with Crippen LogP contribution in [0.3, 0.4) is 0 Å². The lowest BCUT2D eigenvalue weighted by Gasteiger charge is -2.51. The van der Waals surface area contributed by atoms with Gasteiger partial charge in [-0.2, -0.15) is 0 Å². The molecule has 1 saturated carbocycles. The van der Waals surface area contributed by atoms with Gasteiger partial charge in [0.15, 0.2) is 0 Å². The molecule has 1 aromatic rings. The van der Waals surface area contributed by atoms with Crippen LogP contribution in [0.2, 0.25) is 0 Å². The minimum Gasteiger partial charge on any atom is -0.396 e. The summed E-state index contributed by atoms with van der Waals surface area (Å²) in [5.41, 5.74) is 6.69. The van der Waals surface area contributed by atoms with Gasteiger partial charge in [0.2, 0.25) is 0 Å². The number of hydrogen-bond donors (Lipinski definition) is 2. The number of hydrogen-bond acceptors (Lipinski definition) is 4. The number of nitrogens with two attached hydrogens (primary N) is 1. The van der Waals surface area contributed by atoms with Crippen LogP contribution in [0.4, 0.5) is 11.5 Å². The Balaban J connectivity index is 2.08. The quantitative estimate of drug-likeness (QED) is 0.901. The predicted molar refractivity (Wildman–Crippen MR) is 73.0 cm³/mol. The van der Waals surface area contributed by atoms with E-state index in [0.29, 0.717) is 17.8 Å². The Hall–Kier alpha value is -0.810. The molecule has 0 bridgehead atoms. The second-order valence-electron chi connectivity index (χ2n) is 5.07. The lowest BCUT2D eigenvalue weighted by Crippen LogP contribution is -2.57. The van der Waals surface area contributed by atoms with Crippen molar-refractivity contribution >= 4 is 27.4 Å². The maximum absolute atomic E-state index is 5.92. The minimum atomic E-state index is 0.107. The zero-order valence-electron chi connectivity index (χ0n) is 10.3. The number of anilines is 2. The topological polar surface area (TPSA) is 60.2 Å². The summed E-state index contributed by atoms with van der Waals surface area (Å²) in [5, 5.41) is 3.39. The summed E-state index contributed by atoms with van der Waals surface area (Å²) in [6.07, 6.45) is 3.04. The van der Waals surface area contributed by atoms with Gasteiger partial charge in [0, 0.05) is 29.2 Å². The third-order valence-electron chi connectivity index (χ3n) is 3.66. The Bertz CT molecular complexity index is 422. The molecular formula is C12H18BrN3O. The number of rotatable bonds is 3. The van der Waals surface area contributed by atoms with Gasteiger partial charge >= 0.3 is 0 Å². The first kappa shape index (κ1) is 12.6. The van der Waals surface area contributed by atoms with Crippen molar-refractivity contribution in [2.24, 2.45) is 5.41 Å². The molecule has 0 amide bonds. The van der Waals surface area contributed by atoms with E-state index in [4.69, 9.17) is 10.5 Å². The number of nitrogens with one attached hydrogen (secondary N) is 1. The molecule has 4 nitrogen and oxygen atoms in total. The molecule has 1 aromatic heterocycles. The van der Waals surface area contributed by atoms with E-state index in [1.54, 1.807) is 13.3 Å². The van der Waals surface area contributed by atoms with Gasteiger partial charge in [0.25, 0.3) is 0 Å². The third kappa shape index (κ3) is 2.26. The molecule has 0 aromatic carbocycles. The molecule has 17 heavy (non-hydrogen) atoms. The van der Waals surface area contributed by atoms with E-state index >= 15 is 0 Å². The second-order valence-corrected chi connectivity index (χ2v) is 5.99.